The van der Waals surface area contributed by atoms with Gasteiger partial charge in [0.2, 0.25) is 5.91 Å². The molecule has 0 unspecified atom stereocenters. The molecule has 1 aliphatic rings. The number of hydrogen-bond donors (Lipinski definition) is 3. The second-order valence-corrected chi connectivity index (χ2v) is 8.32. The molecule has 3 amide bonds. The van der Waals surface area contributed by atoms with Gasteiger partial charge in [-0.25, -0.2) is 5.43 Å². The van der Waals surface area contributed by atoms with E-state index in [-0.39, 0.29) is 18.1 Å². The van der Waals surface area contributed by atoms with Gasteiger partial charge in [0.25, 0.3) is 5.91 Å². The number of rotatable bonds is 5. The molecule has 3 N–H and O–H groups in total. The molecule has 9 heteroatoms. The number of carbonyl (C=O) groups is 3. The minimum absolute atomic E-state index is 0.0895. The number of furan rings is 1. The van der Waals surface area contributed by atoms with Gasteiger partial charge in [0.15, 0.2) is 5.76 Å². The van der Waals surface area contributed by atoms with Crippen LogP contribution in [0.4, 0.5) is 0 Å². The van der Waals surface area contributed by atoms with Crippen LogP contribution in [0.3, 0.4) is 0 Å². The van der Waals surface area contributed by atoms with E-state index in [1.807, 2.05) is 30.3 Å². The van der Waals surface area contributed by atoms with Crippen molar-refractivity contribution in [3.05, 3.63) is 93.4 Å². The van der Waals surface area contributed by atoms with E-state index in [1.54, 1.807) is 31.2 Å². The smallest absolute Gasteiger partial charge is 0.305 e. The Morgan fingerprint density at radius 2 is 1.68 bits per heavy atom. The number of nitrogens with one attached hydrogen (secondary N) is 3. The van der Waals surface area contributed by atoms with Crippen molar-refractivity contribution in [3.63, 3.8) is 0 Å². The Bertz CT molecular complexity index is 1250. The maximum absolute atomic E-state index is 12.7. The fraction of sp³-hybridized carbons (Fsp3) is 0.200. The first kappa shape index (κ1) is 23.3. The van der Waals surface area contributed by atoms with E-state index < -0.39 is 11.8 Å². The van der Waals surface area contributed by atoms with Gasteiger partial charge in [-0.2, -0.15) is 5.10 Å². The second kappa shape index (κ2) is 10.4. The Morgan fingerprint density at radius 1 is 0.971 bits per heavy atom. The maximum atomic E-state index is 12.7. The summed E-state index contributed by atoms with van der Waals surface area (Å²) in [4.78, 5) is 37.2. The summed E-state index contributed by atoms with van der Waals surface area (Å²) >= 11 is 5.83. The molecule has 0 spiro atoms. The molecule has 0 saturated carbocycles. The molecular formula is C25H23ClN4O4. The van der Waals surface area contributed by atoms with Gasteiger partial charge in [0.05, 0.1) is 12.1 Å². The minimum atomic E-state index is -0.582. The number of amides is 3. The lowest BCUT2D eigenvalue weighted by Crippen LogP contribution is -2.41. The number of benzene rings is 2. The van der Waals surface area contributed by atoms with E-state index in [0.29, 0.717) is 40.5 Å². The number of nitrogens with zero attached hydrogens (tertiary/aromatic N) is 1. The van der Waals surface area contributed by atoms with Gasteiger partial charge in [0, 0.05) is 28.1 Å². The normalized spacial score (nSPS) is 13.8. The Labute approximate surface area is 201 Å². The predicted molar refractivity (Wildman–Crippen MR) is 128 cm³/mol. The molecule has 0 radical (unpaired) electrons. The van der Waals surface area contributed by atoms with Gasteiger partial charge in [0.1, 0.15) is 5.76 Å². The molecule has 4 rings (SSSR count). The largest absolute Gasteiger partial charge is 0.455 e. The maximum Gasteiger partial charge on any atom is 0.305 e. The lowest BCUT2D eigenvalue weighted by Gasteiger charge is -2.13. The van der Waals surface area contributed by atoms with Crippen molar-refractivity contribution in [3.8, 4) is 0 Å². The van der Waals surface area contributed by atoms with Gasteiger partial charge >= 0.3 is 5.91 Å². The first-order valence-electron chi connectivity index (χ1n) is 10.8. The molecule has 0 aliphatic heterocycles. The van der Waals surface area contributed by atoms with Gasteiger partial charge in [-0.3, -0.25) is 25.2 Å². The van der Waals surface area contributed by atoms with Crippen LogP contribution in [0, 0.1) is 6.92 Å². The van der Waals surface area contributed by atoms with Crippen LogP contribution in [-0.4, -0.2) is 23.4 Å². The number of halogens is 1. The summed E-state index contributed by atoms with van der Waals surface area (Å²) in [6, 6.07) is 15.7. The molecule has 0 fully saturated rings. The van der Waals surface area contributed by atoms with Gasteiger partial charge in [-0.05, 0) is 49.6 Å². The molecule has 0 bridgehead atoms. The Balaban J connectivity index is 1.43. The highest BCUT2D eigenvalue weighted by molar-refractivity contribution is 6.30. The molecule has 8 nitrogen and oxygen atoms in total. The third-order valence-electron chi connectivity index (χ3n) is 5.45. The van der Waals surface area contributed by atoms with Crippen molar-refractivity contribution >= 4 is 35.0 Å². The predicted octanol–water partition coefficient (Wildman–Crippen LogP) is 3.72. The summed E-state index contributed by atoms with van der Waals surface area (Å²) in [5.74, 6) is -0.570. The summed E-state index contributed by atoms with van der Waals surface area (Å²) in [5, 5.41) is 4.83. The third kappa shape index (κ3) is 5.35. The highest BCUT2D eigenvalue weighted by atomic mass is 35.5. The standard InChI is InChI=1S/C25H23ClN4O4/c1-15-22-19(27-28-21(31)14-16-6-3-2-4-7-16)8-5-9-20(22)34-23(15)25(33)30-29-24(32)17-10-12-18(26)13-11-17/h2-4,6-7,10-13H,5,8-9,14H2,1H3,(H,28,31)(H,29,32)(H,30,33)/b27-19+. The zero-order valence-corrected chi connectivity index (χ0v) is 19.2. The van der Waals surface area contributed by atoms with Crippen LogP contribution in [-0.2, 0) is 17.6 Å². The number of aryl methyl sites for hydroxylation is 1. The van der Waals surface area contributed by atoms with E-state index in [4.69, 9.17) is 16.0 Å². The first-order valence-corrected chi connectivity index (χ1v) is 11.2. The lowest BCUT2D eigenvalue weighted by molar-refractivity contribution is -0.120. The summed E-state index contributed by atoms with van der Waals surface area (Å²) in [6.45, 7) is 1.75. The number of fused-ring (bicyclic) bond motifs is 1. The highest BCUT2D eigenvalue weighted by Crippen LogP contribution is 2.29. The van der Waals surface area contributed by atoms with Crippen LogP contribution >= 0.6 is 11.6 Å². The molecule has 1 aromatic heterocycles. The van der Waals surface area contributed by atoms with E-state index >= 15 is 0 Å². The molecule has 0 atom stereocenters. The zero-order valence-electron chi connectivity index (χ0n) is 18.5. The highest BCUT2D eigenvalue weighted by Gasteiger charge is 2.28. The van der Waals surface area contributed by atoms with Crippen LogP contribution in [0.15, 0.2) is 64.1 Å². The molecule has 1 aliphatic carbocycles. The molecule has 174 valence electrons. The van der Waals surface area contributed by atoms with Crippen molar-refractivity contribution in [1.29, 1.82) is 0 Å². The monoisotopic (exact) mass is 478 g/mol. The zero-order chi connectivity index (χ0) is 24.1. The van der Waals surface area contributed by atoms with Crippen molar-refractivity contribution in [1.82, 2.24) is 16.3 Å². The van der Waals surface area contributed by atoms with Crippen LogP contribution < -0.4 is 16.3 Å². The van der Waals surface area contributed by atoms with E-state index in [9.17, 15) is 14.4 Å². The molecule has 0 saturated heterocycles. The van der Waals surface area contributed by atoms with E-state index in [2.05, 4.69) is 21.4 Å². The number of hydrogen-bond acceptors (Lipinski definition) is 5. The van der Waals surface area contributed by atoms with Crippen LogP contribution in [0.5, 0.6) is 0 Å². The topological polar surface area (TPSA) is 113 Å². The van der Waals surface area contributed by atoms with Crippen LogP contribution in [0.2, 0.25) is 5.02 Å². The average Bonchev–Trinajstić information content (AvgIpc) is 3.19. The van der Waals surface area contributed by atoms with Crippen molar-refractivity contribution < 1.29 is 18.8 Å². The van der Waals surface area contributed by atoms with Crippen molar-refractivity contribution in [2.45, 2.75) is 32.6 Å². The van der Waals surface area contributed by atoms with Crippen LogP contribution in [0.25, 0.3) is 0 Å². The summed E-state index contributed by atoms with van der Waals surface area (Å²) in [7, 11) is 0. The molecular weight excluding hydrogens is 456 g/mol. The number of hydrazine groups is 1. The van der Waals surface area contributed by atoms with E-state index in [0.717, 1.165) is 17.5 Å². The molecule has 3 aromatic rings. The molecule has 2 aromatic carbocycles. The summed E-state index contributed by atoms with van der Waals surface area (Å²) < 4.78 is 5.81. The minimum Gasteiger partial charge on any atom is -0.455 e. The molecule has 34 heavy (non-hydrogen) atoms. The van der Waals surface area contributed by atoms with E-state index in [1.165, 1.54) is 0 Å². The fourth-order valence-electron chi connectivity index (χ4n) is 3.79. The van der Waals surface area contributed by atoms with Crippen molar-refractivity contribution in [2.24, 2.45) is 5.10 Å². The summed E-state index contributed by atoms with van der Waals surface area (Å²) in [6.07, 6.45) is 2.29. The first-order chi connectivity index (χ1) is 16.4. The van der Waals surface area contributed by atoms with Gasteiger partial charge in [-0.1, -0.05) is 41.9 Å². The third-order valence-corrected chi connectivity index (χ3v) is 5.70. The molecule has 1 heterocycles. The Kier molecular flexibility index (Phi) is 7.08. The fourth-order valence-corrected chi connectivity index (χ4v) is 3.92. The lowest BCUT2D eigenvalue weighted by atomic mass is 9.93. The Morgan fingerprint density at radius 3 is 2.41 bits per heavy atom. The van der Waals surface area contributed by atoms with Gasteiger partial charge in [-0.15, -0.1) is 0 Å². The van der Waals surface area contributed by atoms with Crippen molar-refractivity contribution in [2.75, 3.05) is 0 Å². The second-order valence-electron chi connectivity index (χ2n) is 7.88. The quantitative estimate of drug-likeness (QED) is 0.485. The average molecular weight is 479 g/mol. The number of carbonyl (C=O) groups excluding carboxylic acids is 3. The van der Waals surface area contributed by atoms with Crippen LogP contribution in [0.1, 0.15) is 56.2 Å². The SMILES string of the molecule is Cc1c(C(=O)NNC(=O)c2ccc(Cl)cc2)oc2c1/C(=N/NC(=O)Cc1ccccc1)CCC2. The summed E-state index contributed by atoms with van der Waals surface area (Å²) in [5.41, 5.74) is 10.6. The Hall–Kier alpha value is -3.91. The van der Waals surface area contributed by atoms with Gasteiger partial charge < -0.3 is 4.42 Å². The number of hydrazone groups is 1.